The molecule has 100 valence electrons. The molecule has 3 rings (SSSR count). The molecule has 2 aromatic heterocycles. The van der Waals surface area contributed by atoms with Gasteiger partial charge in [-0.2, -0.15) is 0 Å². The van der Waals surface area contributed by atoms with Crippen molar-refractivity contribution in [1.29, 1.82) is 0 Å². The Bertz CT molecular complexity index is 571. The van der Waals surface area contributed by atoms with E-state index in [0.29, 0.717) is 11.7 Å². The van der Waals surface area contributed by atoms with E-state index >= 15 is 0 Å². The third-order valence-corrected chi connectivity index (χ3v) is 3.36. The van der Waals surface area contributed by atoms with Gasteiger partial charge in [-0.1, -0.05) is 6.92 Å². The molecule has 0 amide bonds. The van der Waals surface area contributed by atoms with E-state index in [2.05, 4.69) is 26.4 Å². The quantitative estimate of drug-likeness (QED) is 0.890. The Balaban J connectivity index is 1.83. The van der Waals surface area contributed by atoms with Crippen molar-refractivity contribution in [3.63, 3.8) is 0 Å². The highest BCUT2D eigenvalue weighted by atomic mass is 15.1. The first-order valence-electron chi connectivity index (χ1n) is 6.89. The zero-order valence-corrected chi connectivity index (χ0v) is 11.2. The number of nitrogen functional groups attached to an aromatic ring is 1. The molecule has 1 fully saturated rings. The number of hydrogen-bond donors (Lipinski definition) is 1. The van der Waals surface area contributed by atoms with Gasteiger partial charge in [-0.25, -0.2) is 15.0 Å². The van der Waals surface area contributed by atoms with Gasteiger partial charge in [0.15, 0.2) is 0 Å². The Morgan fingerprint density at radius 2 is 2.21 bits per heavy atom. The summed E-state index contributed by atoms with van der Waals surface area (Å²) in [6, 6.07) is 1.86. The SMILES string of the molecule is CCCn1ccnc1Cc1cc(N)nc(C2CC2)n1. The lowest BCUT2D eigenvalue weighted by atomic mass is 10.2. The topological polar surface area (TPSA) is 69.6 Å². The van der Waals surface area contributed by atoms with Crippen LogP contribution in [0.2, 0.25) is 0 Å². The second kappa shape index (κ2) is 4.99. The lowest BCUT2D eigenvalue weighted by Crippen LogP contribution is -2.07. The van der Waals surface area contributed by atoms with Gasteiger partial charge in [-0.3, -0.25) is 0 Å². The van der Waals surface area contributed by atoms with Crippen LogP contribution in [-0.2, 0) is 13.0 Å². The van der Waals surface area contributed by atoms with E-state index < -0.39 is 0 Å². The Hall–Kier alpha value is -1.91. The molecule has 0 radical (unpaired) electrons. The lowest BCUT2D eigenvalue weighted by molar-refractivity contribution is 0.644. The van der Waals surface area contributed by atoms with E-state index in [1.807, 2.05) is 18.5 Å². The van der Waals surface area contributed by atoms with Gasteiger partial charge in [0.1, 0.15) is 17.5 Å². The zero-order valence-electron chi connectivity index (χ0n) is 11.2. The highest BCUT2D eigenvalue weighted by Gasteiger charge is 2.27. The van der Waals surface area contributed by atoms with Gasteiger partial charge in [0.05, 0.1) is 5.69 Å². The monoisotopic (exact) mass is 257 g/mol. The molecular weight excluding hydrogens is 238 g/mol. The van der Waals surface area contributed by atoms with Crippen LogP contribution in [0.25, 0.3) is 0 Å². The number of hydrogen-bond acceptors (Lipinski definition) is 4. The van der Waals surface area contributed by atoms with Gasteiger partial charge < -0.3 is 10.3 Å². The third kappa shape index (κ3) is 2.75. The van der Waals surface area contributed by atoms with Crippen LogP contribution in [0, 0.1) is 0 Å². The first-order chi connectivity index (χ1) is 9.26. The number of anilines is 1. The van der Waals surface area contributed by atoms with E-state index in [0.717, 1.165) is 36.7 Å². The van der Waals surface area contributed by atoms with Crippen LogP contribution < -0.4 is 5.73 Å². The Kier molecular flexibility index (Phi) is 3.19. The lowest BCUT2D eigenvalue weighted by Gasteiger charge is -2.07. The number of aryl methyl sites for hydroxylation is 1. The maximum absolute atomic E-state index is 5.87. The summed E-state index contributed by atoms with van der Waals surface area (Å²) in [7, 11) is 0. The van der Waals surface area contributed by atoms with Gasteiger partial charge in [0.25, 0.3) is 0 Å². The molecule has 5 nitrogen and oxygen atoms in total. The molecule has 2 N–H and O–H groups in total. The molecule has 19 heavy (non-hydrogen) atoms. The molecule has 0 saturated heterocycles. The highest BCUT2D eigenvalue weighted by molar-refractivity contribution is 5.32. The number of nitrogens with two attached hydrogens (primary N) is 1. The third-order valence-electron chi connectivity index (χ3n) is 3.36. The minimum Gasteiger partial charge on any atom is -0.384 e. The van der Waals surface area contributed by atoms with Crippen molar-refractivity contribution in [1.82, 2.24) is 19.5 Å². The number of nitrogens with zero attached hydrogens (tertiary/aromatic N) is 4. The first kappa shape index (κ1) is 12.1. The Morgan fingerprint density at radius 1 is 1.37 bits per heavy atom. The minimum atomic E-state index is 0.526. The fraction of sp³-hybridized carbons (Fsp3) is 0.500. The van der Waals surface area contributed by atoms with Crippen LogP contribution in [0.1, 0.15) is 49.4 Å². The van der Waals surface area contributed by atoms with Crippen LogP contribution in [0.15, 0.2) is 18.5 Å². The number of imidazole rings is 1. The van der Waals surface area contributed by atoms with Crippen molar-refractivity contribution in [2.24, 2.45) is 0 Å². The summed E-state index contributed by atoms with van der Waals surface area (Å²) < 4.78 is 2.18. The Morgan fingerprint density at radius 3 is 2.95 bits per heavy atom. The van der Waals surface area contributed by atoms with Crippen molar-refractivity contribution >= 4 is 5.82 Å². The van der Waals surface area contributed by atoms with E-state index in [1.165, 1.54) is 12.8 Å². The van der Waals surface area contributed by atoms with E-state index in [4.69, 9.17) is 5.73 Å². The van der Waals surface area contributed by atoms with Gasteiger partial charge in [0.2, 0.25) is 0 Å². The molecule has 0 bridgehead atoms. The molecule has 0 atom stereocenters. The smallest absolute Gasteiger partial charge is 0.134 e. The molecule has 2 aromatic rings. The second-order valence-corrected chi connectivity index (χ2v) is 5.13. The molecular formula is C14H19N5. The summed E-state index contributed by atoms with van der Waals surface area (Å²) in [4.78, 5) is 13.4. The molecule has 0 aliphatic heterocycles. The molecule has 0 aromatic carbocycles. The number of aromatic nitrogens is 4. The number of rotatable bonds is 5. The molecule has 1 saturated carbocycles. The van der Waals surface area contributed by atoms with Crippen LogP contribution in [0.4, 0.5) is 5.82 Å². The largest absolute Gasteiger partial charge is 0.384 e. The summed E-state index contributed by atoms with van der Waals surface area (Å²) in [5.41, 5.74) is 6.84. The standard InChI is InChI=1S/C14H19N5/c1-2-6-19-7-5-16-13(19)9-11-8-12(15)18-14(17-11)10-3-4-10/h5,7-8,10H,2-4,6,9H2,1H3,(H2,15,17,18). The maximum atomic E-state index is 5.87. The molecule has 1 aliphatic rings. The molecule has 5 heteroatoms. The van der Waals surface area contributed by atoms with Gasteiger partial charge >= 0.3 is 0 Å². The van der Waals surface area contributed by atoms with Crippen molar-refractivity contribution in [3.05, 3.63) is 35.8 Å². The zero-order chi connectivity index (χ0) is 13.2. The predicted octanol–water partition coefficient (Wildman–Crippen LogP) is 2.13. The van der Waals surface area contributed by atoms with Crippen LogP contribution >= 0.6 is 0 Å². The average Bonchev–Trinajstić information content (AvgIpc) is 3.14. The van der Waals surface area contributed by atoms with Gasteiger partial charge in [0, 0.05) is 37.3 Å². The van der Waals surface area contributed by atoms with E-state index in [1.54, 1.807) is 0 Å². The van der Waals surface area contributed by atoms with Crippen LogP contribution in [0.5, 0.6) is 0 Å². The van der Waals surface area contributed by atoms with Crippen molar-refractivity contribution < 1.29 is 0 Å². The molecule has 2 heterocycles. The molecule has 0 spiro atoms. The summed E-state index contributed by atoms with van der Waals surface area (Å²) in [5, 5.41) is 0. The molecule has 1 aliphatic carbocycles. The van der Waals surface area contributed by atoms with Gasteiger partial charge in [-0.05, 0) is 19.3 Å². The Labute approximate surface area is 112 Å². The summed E-state index contributed by atoms with van der Waals surface area (Å²) >= 11 is 0. The molecule has 0 unspecified atom stereocenters. The first-order valence-corrected chi connectivity index (χ1v) is 6.89. The maximum Gasteiger partial charge on any atom is 0.134 e. The van der Waals surface area contributed by atoms with Gasteiger partial charge in [-0.15, -0.1) is 0 Å². The second-order valence-electron chi connectivity index (χ2n) is 5.13. The summed E-state index contributed by atoms with van der Waals surface area (Å²) in [5.74, 6) is 3.04. The normalized spacial score (nSPS) is 14.8. The predicted molar refractivity (Wildman–Crippen MR) is 73.7 cm³/mol. The fourth-order valence-corrected chi connectivity index (χ4v) is 2.27. The van der Waals surface area contributed by atoms with Crippen molar-refractivity contribution in [2.45, 2.75) is 45.1 Å². The fourth-order valence-electron chi connectivity index (χ4n) is 2.27. The highest BCUT2D eigenvalue weighted by Crippen LogP contribution is 2.38. The van der Waals surface area contributed by atoms with E-state index in [9.17, 15) is 0 Å². The van der Waals surface area contributed by atoms with Crippen molar-refractivity contribution in [2.75, 3.05) is 5.73 Å². The van der Waals surface area contributed by atoms with E-state index in [-0.39, 0.29) is 0 Å². The van der Waals surface area contributed by atoms with Crippen LogP contribution in [-0.4, -0.2) is 19.5 Å². The average molecular weight is 257 g/mol. The summed E-state index contributed by atoms with van der Waals surface area (Å²) in [6.07, 6.45) is 8.06. The minimum absolute atomic E-state index is 0.526. The van der Waals surface area contributed by atoms with Crippen molar-refractivity contribution in [3.8, 4) is 0 Å². The summed E-state index contributed by atoms with van der Waals surface area (Å²) in [6.45, 7) is 3.16. The van der Waals surface area contributed by atoms with Crippen LogP contribution in [0.3, 0.4) is 0 Å².